The molecule has 0 saturated heterocycles. The summed E-state index contributed by atoms with van der Waals surface area (Å²) in [5.74, 6) is 0.524. The zero-order valence-corrected chi connectivity index (χ0v) is 11.2. The van der Waals surface area contributed by atoms with Gasteiger partial charge in [-0.2, -0.15) is 5.10 Å². The van der Waals surface area contributed by atoms with Crippen molar-refractivity contribution >= 4 is 17.4 Å². The van der Waals surface area contributed by atoms with E-state index in [-0.39, 0.29) is 5.91 Å². The number of hydrogen-bond donors (Lipinski definition) is 2. The summed E-state index contributed by atoms with van der Waals surface area (Å²) in [7, 11) is 1.85. The van der Waals surface area contributed by atoms with E-state index in [1.165, 1.54) is 0 Å². The summed E-state index contributed by atoms with van der Waals surface area (Å²) >= 11 is 0. The first-order valence-corrected chi connectivity index (χ1v) is 6.15. The molecule has 2 aromatic rings. The van der Waals surface area contributed by atoms with Crippen LogP contribution in [-0.2, 0) is 17.3 Å². The standard InChI is InChI=1S/C14H16N4O/c1-14(2)9-6-8(4-5-10(9)16-13(14)19)11-7-12(15)17-18(11)3/h4-7H,1-3H3,(H2,15,17)(H,16,19). The van der Waals surface area contributed by atoms with E-state index in [2.05, 4.69) is 10.4 Å². The molecule has 0 atom stereocenters. The largest absolute Gasteiger partial charge is 0.382 e. The number of benzene rings is 1. The molecule has 5 nitrogen and oxygen atoms in total. The minimum absolute atomic E-state index is 0.0316. The zero-order chi connectivity index (χ0) is 13.8. The molecule has 19 heavy (non-hydrogen) atoms. The fourth-order valence-electron chi connectivity index (χ4n) is 2.49. The molecule has 3 rings (SSSR count). The molecule has 0 fully saturated rings. The quantitative estimate of drug-likeness (QED) is 0.818. The maximum absolute atomic E-state index is 11.9. The summed E-state index contributed by atoms with van der Waals surface area (Å²) in [6, 6.07) is 7.76. The Morgan fingerprint density at radius 3 is 2.68 bits per heavy atom. The van der Waals surface area contributed by atoms with Crippen molar-refractivity contribution in [3.63, 3.8) is 0 Å². The van der Waals surface area contributed by atoms with Gasteiger partial charge < -0.3 is 11.1 Å². The number of nitrogens with zero attached hydrogens (tertiary/aromatic N) is 2. The van der Waals surface area contributed by atoms with Gasteiger partial charge in [-0.05, 0) is 31.5 Å². The van der Waals surface area contributed by atoms with Crippen molar-refractivity contribution in [1.82, 2.24) is 9.78 Å². The fraction of sp³-hybridized carbons (Fsp3) is 0.286. The maximum atomic E-state index is 11.9. The Morgan fingerprint density at radius 2 is 2.05 bits per heavy atom. The number of carbonyl (C=O) groups is 1. The summed E-state index contributed by atoms with van der Waals surface area (Å²) < 4.78 is 1.74. The molecule has 0 radical (unpaired) electrons. The van der Waals surface area contributed by atoms with Crippen LogP contribution in [0.5, 0.6) is 0 Å². The van der Waals surface area contributed by atoms with Crippen molar-refractivity contribution in [2.24, 2.45) is 7.05 Å². The average molecular weight is 256 g/mol. The predicted octanol–water partition coefficient (Wildman–Crippen LogP) is 1.90. The number of nitrogen functional groups attached to an aromatic ring is 1. The van der Waals surface area contributed by atoms with Crippen LogP contribution in [0.3, 0.4) is 0 Å². The van der Waals surface area contributed by atoms with Crippen molar-refractivity contribution in [2.75, 3.05) is 11.1 Å². The van der Waals surface area contributed by atoms with Crippen LogP contribution in [0.1, 0.15) is 19.4 Å². The van der Waals surface area contributed by atoms with Crippen LogP contribution in [0.15, 0.2) is 24.3 Å². The number of hydrogen-bond acceptors (Lipinski definition) is 3. The van der Waals surface area contributed by atoms with Crippen molar-refractivity contribution in [3.8, 4) is 11.3 Å². The molecule has 0 unspecified atom stereocenters. The molecule has 0 spiro atoms. The van der Waals surface area contributed by atoms with Gasteiger partial charge in [-0.3, -0.25) is 9.48 Å². The maximum Gasteiger partial charge on any atom is 0.234 e. The van der Waals surface area contributed by atoms with Gasteiger partial charge in [-0.1, -0.05) is 6.07 Å². The van der Waals surface area contributed by atoms with Crippen molar-refractivity contribution in [3.05, 3.63) is 29.8 Å². The van der Waals surface area contributed by atoms with Gasteiger partial charge in [0.15, 0.2) is 0 Å². The molecule has 1 amide bonds. The summed E-state index contributed by atoms with van der Waals surface area (Å²) in [5, 5.41) is 7.04. The molecule has 0 saturated carbocycles. The van der Waals surface area contributed by atoms with E-state index in [1.54, 1.807) is 4.68 Å². The molecule has 5 heteroatoms. The number of amides is 1. The SMILES string of the molecule is Cn1nc(N)cc1-c1ccc2c(c1)C(C)(C)C(=O)N2. The number of rotatable bonds is 1. The highest BCUT2D eigenvalue weighted by molar-refractivity contribution is 6.06. The first-order valence-electron chi connectivity index (χ1n) is 6.15. The third-order valence-corrected chi connectivity index (χ3v) is 3.70. The highest BCUT2D eigenvalue weighted by Crippen LogP contribution is 2.39. The summed E-state index contributed by atoms with van der Waals surface area (Å²) in [6.45, 7) is 3.85. The normalized spacial score (nSPS) is 16.3. The Kier molecular flexibility index (Phi) is 2.23. The number of nitrogens with one attached hydrogen (secondary N) is 1. The predicted molar refractivity (Wildman–Crippen MR) is 74.7 cm³/mol. The molecule has 98 valence electrons. The van der Waals surface area contributed by atoms with Gasteiger partial charge in [-0.15, -0.1) is 0 Å². The second kappa shape index (κ2) is 3.60. The van der Waals surface area contributed by atoms with Crippen LogP contribution < -0.4 is 11.1 Å². The fourth-order valence-corrected chi connectivity index (χ4v) is 2.49. The average Bonchev–Trinajstić information content (AvgIpc) is 2.78. The van der Waals surface area contributed by atoms with Gasteiger partial charge in [0, 0.05) is 24.4 Å². The minimum Gasteiger partial charge on any atom is -0.382 e. The lowest BCUT2D eigenvalue weighted by Gasteiger charge is -2.15. The monoisotopic (exact) mass is 256 g/mol. The molecule has 3 N–H and O–H groups in total. The van der Waals surface area contributed by atoms with Gasteiger partial charge in [0.2, 0.25) is 5.91 Å². The number of anilines is 2. The molecule has 1 aromatic carbocycles. The minimum atomic E-state index is -0.504. The zero-order valence-electron chi connectivity index (χ0n) is 11.2. The van der Waals surface area contributed by atoms with E-state index in [0.29, 0.717) is 5.82 Å². The van der Waals surface area contributed by atoms with Crippen LogP contribution in [0.25, 0.3) is 11.3 Å². The molecular weight excluding hydrogens is 240 g/mol. The summed E-state index contributed by atoms with van der Waals surface area (Å²) in [4.78, 5) is 11.9. The molecule has 1 aromatic heterocycles. The lowest BCUT2D eigenvalue weighted by atomic mass is 9.85. The summed E-state index contributed by atoms with van der Waals surface area (Å²) in [6.07, 6.45) is 0. The smallest absolute Gasteiger partial charge is 0.234 e. The van der Waals surface area contributed by atoms with E-state index in [4.69, 9.17) is 5.73 Å². The Balaban J connectivity index is 2.16. The lowest BCUT2D eigenvalue weighted by molar-refractivity contribution is -0.119. The van der Waals surface area contributed by atoms with E-state index >= 15 is 0 Å². The van der Waals surface area contributed by atoms with Crippen molar-refractivity contribution in [1.29, 1.82) is 0 Å². The molecular formula is C14H16N4O. The van der Waals surface area contributed by atoms with Crippen LogP contribution in [0.4, 0.5) is 11.5 Å². The Bertz CT molecular complexity index is 685. The Hall–Kier alpha value is -2.30. The molecule has 1 aliphatic rings. The number of aryl methyl sites for hydroxylation is 1. The first-order chi connectivity index (χ1) is 8.89. The van der Waals surface area contributed by atoms with E-state index in [0.717, 1.165) is 22.5 Å². The summed E-state index contributed by atoms with van der Waals surface area (Å²) in [5.41, 5.74) is 9.04. The number of aromatic nitrogens is 2. The Labute approximate surface area is 111 Å². The van der Waals surface area contributed by atoms with Crippen LogP contribution in [-0.4, -0.2) is 15.7 Å². The molecule has 1 aliphatic heterocycles. The first kappa shape index (κ1) is 11.8. The van der Waals surface area contributed by atoms with Gasteiger partial charge in [-0.25, -0.2) is 0 Å². The van der Waals surface area contributed by atoms with E-state index < -0.39 is 5.41 Å². The van der Waals surface area contributed by atoms with E-state index in [9.17, 15) is 4.79 Å². The Morgan fingerprint density at radius 1 is 1.32 bits per heavy atom. The molecule has 2 heterocycles. The molecule has 0 aliphatic carbocycles. The second-order valence-corrected chi connectivity index (χ2v) is 5.42. The van der Waals surface area contributed by atoms with Gasteiger partial charge in [0.25, 0.3) is 0 Å². The van der Waals surface area contributed by atoms with Gasteiger partial charge in [0.05, 0.1) is 11.1 Å². The van der Waals surface area contributed by atoms with Gasteiger partial charge in [0.1, 0.15) is 5.82 Å². The lowest BCUT2D eigenvalue weighted by Crippen LogP contribution is -2.26. The van der Waals surface area contributed by atoms with Gasteiger partial charge >= 0.3 is 0 Å². The van der Waals surface area contributed by atoms with Crippen LogP contribution in [0.2, 0.25) is 0 Å². The third-order valence-electron chi connectivity index (χ3n) is 3.70. The highest BCUT2D eigenvalue weighted by atomic mass is 16.2. The van der Waals surface area contributed by atoms with Crippen LogP contribution in [0, 0.1) is 0 Å². The number of carbonyl (C=O) groups excluding carboxylic acids is 1. The van der Waals surface area contributed by atoms with Crippen molar-refractivity contribution < 1.29 is 4.79 Å². The molecule has 0 bridgehead atoms. The van der Waals surface area contributed by atoms with Crippen LogP contribution >= 0.6 is 0 Å². The third kappa shape index (κ3) is 1.62. The number of nitrogens with two attached hydrogens (primary N) is 1. The number of fused-ring (bicyclic) bond motifs is 1. The topological polar surface area (TPSA) is 72.9 Å². The second-order valence-electron chi connectivity index (χ2n) is 5.42. The highest BCUT2D eigenvalue weighted by Gasteiger charge is 2.38. The van der Waals surface area contributed by atoms with E-state index in [1.807, 2.05) is 45.2 Å². The van der Waals surface area contributed by atoms with Crippen molar-refractivity contribution in [2.45, 2.75) is 19.3 Å².